The average Bonchev–Trinajstić information content (AvgIpc) is 2.99. The Kier molecular flexibility index (Phi) is 3.83. The second-order valence-corrected chi connectivity index (χ2v) is 6.78. The van der Waals surface area contributed by atoms with Crippen LogP contribution >= 0.6 is 11.8 Å². The SMILES string of the molecule is CS[C@@H]1CCCC[C@@]1(C)n1cc(-c2ccccc2)nn1. The van der Waals surface area contributed by atoms with Gasteiger partial charge in [0.2, 0.25) is 0 Å². The smallest absolute Gasteiger partial charge is 0.113 e. The minimum Gasteiger partial charge on any atom is -0.245 e. The number of aromatic nitrogens is 3. The van der Waals surface area contributed by atoms with Crippen LogP contribution in [0.25, 0.3) is 11.3 Å². The fourth-order valence-electron chi connectivity index (χ4n) is 3.17. The van der Waals surface area contributed by atoms with Gasteiger partial charge in [-0.05, 0) is 26.0 Å². The van der Waals surface area contributed by atoms with Crippen molar-refractivity contribution < 1.29 is 0 Å². The highest BCUT2D eigenvalue weighted by Crippen LogP contribution is 2.40. The fraction of sp³-hybridized carbons (Fsp3) is 0.500. The molecule has 1 saturated carbocycles. The zero-order valence-corrected chi connectivity index (χ0v) is 12.9. The molecule has 0 spiro atoms. The molecule has 0 unspecified atom stereocenters. The molecule has 0 saturated heterocycles. The fourth-order valence-corrected chi connectivity index (χ4v) is 4.31. The van der Waals surface area contributed by atoms with E-state index in [-0.39, 0.29) is 5.54 Å². The van der Waals surface area contributed by atoms with Gasteiger partial charge in [0, 0.05) is 10.8 Å². The van der Waals surface area contributed by atoms with Crippen LogP contribution in [0.2, 0.25) is 0 Å². The summed E-state index contributed by atoms with van der Waals surface area (Å²) in [5, 5.41) is 9.45. The quantitative estimate of drug-likeness (QED) is 0.856. The minimum atomic E-state index is 0.0949. The summed E-state index contributed by atoms with van der Waals surface area (Å²) in [6.07, 6.45) is 9.41. The van der Waals surface area contributed by atoms with Crippen molar-refractivity contribution in [3.63, 3.8) is 0 Å². The molecule has 1 aromatic carbocycles. The van der Waals surface area contributed by atoms with E-state index in [0.29, 0.717) is 5.25 Å². The first kappa shape index (κ1) is 13.7. The lowest BCUT2D eigenvalue weighted by Gasteiger charge is -2.40. The molecular weight excluding hydrogens is 266 g/mol. The van der Waals surface area contributed by atoms with Crippen LogP contribution in [0, 0.1) is 0 Å². The summed E-state index contributed by atoms with van der Waals surface area (Å²) in [4.78, 5) is 0. The van der Waals surface area contributed by atoms with Crippen molar-refractivity contribution in [2.75, 3.05) is 6.26 Å². The molecule has 0 radical (unpaired) electrons. The Morgan fingerprint density at radius 1 is 1.25 bits per heavy atom. The lowest BCUT2D eigenvalue weighted by Crippen LogP contribution is -2.43. The maximum atomic E-state index is 4.44. The van der Waals surface area contributed by atoms with Crippen LogP contribution in [-0.2, 0) is 5.54 Å². The van der Waals surface area contributed by atoms with Crippen molar-refractivity contribution in [2.24, 2.45) is 0 Å². The van der Waals surface area contributed by atoms with E-state index in [1.54, 1.807) is 0 Å². The van der Waals surface area contributed by atoms with Crippen molar-refractivity contribution in [3.05, 3.63) is 36.5 Å². The van der Waals surface area contributed by atoms with Gasteiger partial charge in [0.25, 0.3) is 0 Å². The molecule has 2 atom stereocenters. The van der Waals surface area contributed by atoms with Crippen molar-refractivity contribution in [2.45, 2.75) is 43.4 Å². The molecular formula is C16H21N3S. The molecule has 0 amide bonds. The minimum absolute atomic E-state index is 0.0949. The molecule has 20 heavy (non-hydrogen) atoms. The van der Waals surface area contributed by atoms with Gasteiger partial charge in [0.15, 0.2) is 0 Å². The molecule has 1 aliphatic carbocycles. The summed E-state index contributed by atoms with van der Waals surface area (Å²) < 4.78 is 2.11. The highest BCUT2D eigenvalue weighted by molar-refractivity contribution is 7.99. The van der Waals surface area contributed by atoms with Crippen LogP contribution in [0.15, 0.2) is 36.5 Å². The van der Waals surface area contributed by atoms with Crippen LogP contribution in [0.3, 0.4) is 0 Å². The molecule has 1 aromatic heterocycles. The Hall–Kier alpha value is -1.29. The monoisotopic (exact) mass is 287 g/mol. The normalized spacial score (nSPS) is 26.6. The Balaban J connectivity index is 1.93. The third-order valence-electron chi connectivity index (χ3n) is 4.46. The standard InChI is InChI=1S/C16H21N3S/c1-16(11-7-6-10-15(16)20-2)19-12-14(17-18-19)13-8-4-3-5-9-13/h3-5,8-9,12,15H,6-7,10-11H2,1-2H3/t15-,16-/m1/s1. The van der Waals surface area contributed by atoms with Crippen LogP contribution in [-0.4, -0.2) is 26.5 Å². The third kappa shape index (κ3) is 2.37. The molecule has 0 N–H and O–H groups in total. The maximum Gasteiger partial charge on any atom is 0.113 e. The van der Waals surface area contributed by atoms with Gasteiger partial charge in [0.1, 0.15) is 5.69 Å². The number of nitrogens with zero attached hydrogens (tertiary/aromatic N) is 3. The van der Waals surface area contributed by atoms with Gasteiger partial charge in [-0.1, -0.05) is 48.4 Å². The number of thioether (sulfide) groups is 1. The van der Waals surface area contributed by atoms with E-state index in [4.69, 9.17) is 0 Å². The van der Waals surface area contributed by atoms with Crippen LogP contribution in [0.1, 0.15) is 32.6 Å². The lowest BCUT2D eigenvalue weighted by molar-refractivity contribution is 0.204. The molecule has 3 nitrogen and oxygen atoms in total. The molecule has 1 aliphatic rings. The molecule has 1 heterocycles. The van der Waals surface area contributed by atoms with E-state index in [1.165, 1.54) is 25.7 Å². The van der Waals surface area contributed by atoms with Gasteiger partial charge < -0.3 is 0 Å². The molecule has 4 heteroatoms. The van der Waals surface area contributed by atoms with Crippen molar-refractivity contribution >= 4 is 11.8 Å². The van der Waals surface area contributed by atoms with E-state index >= 15 is 0 Å². The zero-order valence-electron chi connectivity index (χ0n) is 12.1. The summed E-state index contributed by atoms with van der Waals surface area (Å²) in [5.41, 5.74) is 2.20. The first-order valence-electron chi connectivity index (χ1n) is 7.25. The van der Waals surface area contributed by atoms with Crippen molar-refractivity contribution in [1.29, 1.82) is 0 Å². The number of benzene rings is 1. The van der Waals surface area contributed by atoms with E-state index < -0.39 is 0 Å². The first-order valence-corrected chi connectivity index (χ1v) is 8.54. The molecule has 3 rings (SSSR count). The van der Waals surface area contributed by atoms with Gasteiger partial charge in [-0.2, -0.15) is 11.8 Å². The summed E-state index contributed by atoms with van der Waals surface area (Å²) in [7, 11) is 0. The highest BCUT2D eigenvalue weighted by Gasteiger charge is 2.38. The molecule has 106 valence electrons. The lowest BCUT2D eigenvalue weighted by atomic mass is 9.83. The van der Waals surface area contributed by atoms with Gasteiger partial charge in [-0.15, -0.1) is 5.10 Å². The number of hydrogen-bond acceptors (Lipinski definition) is 3. The van der Waals surface area contributed by atoms with E-state index in [9.17, 15) is 0 Å². The zero-order chi connectivity index (χ0) is 14.0. The Morgan fingerprint density at radius 2 is 2.05 bits per heavy atom. The van der Waals surface area contributed by atoms with Gasteiger partial charge >= 0.3 is 0 Å². The molecule has 2 aromatic rings. The third-order valence-corrected chi connectivity index (χ3v) is 5.78. The Labute approximate surface area is 124 Å². The summed E-state index contributed by atoms with van der Waals surface area (Å²) in [5.74, 6) is 0. The van der Waals surface area contributed by atoms with Gasteiger partial charge in [-0.3, -0.25) is 0 Å². The predicted octanol–water partition coefficient (Wildman–Crippen LogP) is 3.97. The second-order valence-electron chi connectivity index (χ2n) is 5.74. The highest BCUT2D eigenvalue weighted by atomic mass is 32.2. The average molecular weight is 287 g/mol. The Morgan fingerprint density at radius 3 is 2.80 bits per heavy atom. The number of hydrogen-bond donors (Lipinski definition) is 0. The maximum absolute atomic E-state index is 4.44. The van der Waals surface area contributed by atoms with Crippen LogP contribution in [0.4, 0.5) is 0 Å². The summed E-state index contributed by atoms with van der Waals surface area (Å²) in [6, 6.07) is 10.3. The van der Waals surface area contributed by atoms with Crippen LogP contribution < -0.4 is 0 Å². The van der Waals surface area contributed by atoms with Gasteiger partial charge in [0.05, 0.1) is 11.7 Å². The van der Waals surface area contributed by atoms with Crippen LogP contribution in [0.5, 0.6) is 0 Å². The Bertz CT molecular complexity index is 566. The van der Waals surface area contributed by atoms with Crippen molar-refractivity contribution in [3.8, 4) is 11.3 Å². The summed E-state index contributed by atoms with van der Waals surface area (Å²) in [6.45, 7) is 2.33. The van der Waals surface area contributed by atoms with Crippen molar-refractivity contribution in [1.82, 2.24) is 15.0 Å². The second kappa shape index (κ2) is 5.60. The van der Waals surface area contributed by atoms with E-state index in [0.717, 1.165) is 11.3 Å². The first-order chi connectivity index (χ1) is 9.74. The summed E-state index contributed by atoms with van der Waals surface area (Å²) >= 11 is 1.96. The molecule has 0 bridgehead atoms. The van der Waals surface area contributed by atoms with E-state index in [1.807, 2.05) is 30.0 Å². The van der Waals surface area contributed by atoms with Gasteiger partial charge in [-0.25, -0.2) is 4.68 Å². The topological polar surface area (TPSA) is 30.7 Å². The predicted molar refractivity (Wildman–Crippen MR) is 84.9 cm³/mol. The molecule has 1 fully saturated rings. The van der Waals surface area contributed by atoms with E-state index in [2.05, 4.69) is 46.5 Å². The number of rotatable bonds is 3. The largest absolute Gasteiger partial charge is 0.245 e. The molecule has 0 aliphatic heterocycles.